The zero-order chi connectivity index (χ0) is 15.6. The molecule has 2 fully saturated rings. The monoisotopic (exact) mass is 319 g/mol. The predicted octanol–water partition coefficient (Wildman–Crippen LogP) is -0.953. The number of nitrogens with one attached hydrogen (secondary N) is 1. The Balaban J connectivity index is 1.55. The molecule has 7 nitrogen and oxygen atoms in total. The lowest BCUT2D eigenvalue weighted by molar-refractivity contribution is -0.00588. The second kappa shape index (κ2) is 6.68. The lowest BCUT2D eigenvalue weighted by atomic mass is 10.1. The van der Waals surface area contributed by atoms with E-state index in [9.17, 15) is 5.11 Å². The van der Waals surface area contributed by atoms with Crippen LogP contribution in [0.5, 0.6) is 0 Å². The van der Waals surface area contributed by atoms with E-state index in [0.717, 1.165) is 70.3 Å². The highest BCUT2D eigenvalue weighted by Crippen LogP contribution is 2.27. The molecule has 23 heavy (non-hydrogen) atoms. The van der Waals surface area contributed by atoms with Crippen molar-refractivity contribution in [1.29, 1.82) is 0 Å². The molecule has 2 atom stereocenters. The zero-order valence-corrected chi connectivity index (χ0v) is 13.4. The van der Waals surface area contributed by atoms with E-state index in [-0.39, 0.29) is 12.1 Å². The third-order valence-corrected chi connectivity index (χ3v) is 5.18. The maximum Gasteiger partial charge on any atom is 0.135 e. The number of nitrogens with zero attached hydrogens (tertiary/aromatic N) is 4. The summed E-state index contributed by atoms with van der Waals surface area (Å²) in [6.45, 7) is 6.76. The highest BCUT2D eigenvalue weighted by atomic mass is 16.5. The van der Waals surface area contributed by atoms with Crippen LogP contribution in [-0.4, -0.2) is 84.6 Å². The number of β-amino-alcohol motifs (C(OH)–C–C–N with tert-alkyl or cyclic N) is 1. The van der Waals surface area contributed by atoms with Gasteiger partial charge >= 0.3 is 0 Å². The highest BCUT2D eigenvalue weighted by Gasteiger charge is 2.37. The molecule has 4 heterocycles. The van der Waals surface area contributed by atoms with Gasteiger partial charge in [0.1, 0.15) is 12.1 Å². The van der Waals surface area contributed by atoms with Crippen molar-refractivity contribution in [3.05, 3.63) is 17.6 Å². The third kappa shape index (κ3) is 3.06. The number of morpholine rings is 1. The van der Waals surface area contributed by atoms with Crippen LogP contribution in [0.1, 0.15) is 11.3 Å². The molecule has 1 aromatic heterocycles. The normalized spacial score (nSPS) is 29.3. The lowest BCUT2D eigenvalue weighted by Crippen LogP contribution is -2.48. The number of anilines is 1. The minimum atomic E-state index is -0.331. The number of fused-ring (bicyclic) bond motifs is 1. The minimum absolute atomic E-state index is 0.174. The summed E-state index contributed by atoms with van der Waals surface area (Å²) in [6.07, 6.45) is 3.25. The average molecular weight is 319 g/mol. The van der Waals surface area contributed by atoms with Gasteiger partial charge in [-0.2, -0.15) is 0 Å². The summed E-state index contributed by atoms with van der Waals surface area (Å²) in [5.74, 6) is 1.02. The Kier molecular flexibility index (Phi) is 4.43. The van der Waals surface area contributed by atoms with E-state index >= 15 is 0 Å². The standard InChI is InChI=1S/C16H25N5O2/c22-15-10-21(9-14(15)20-5-7-23-8-6-20)16-12-1-3-17-4-2-13(12)18-11-19-16/h11,14-15,17,22H,1-10H2/t14-,15-/m0/s1. The van der Waals surface area contributed by atoms with E-state index in [4.69, 9.17) is 4.74 Å². The van der Waals surface area contributed by atoms with Crippen LogP contribution in [0.4, 0.5) is 5.82 Å². The molecule has 0 amide bonds. The van der Waals surface area contributed by atoms with Gasteiger partial charge in [-0.05, 0) is 13.0 Å². The number of aliphatic hydroxyl groups excluding tert-OH is 1. The number of aliphatic hydroxyl groups is 1. The van der Waals surface area contributed by atoms with Crippen LogP contribution in [0.15, 0.2) is 6.33 Å². The van der Waals surface area contributed by atoms with Crippen LogP contribution in [0.25, 0.3) is 0 Å². The molecule has 0 aliphatic carbocycles. The molecule has 0 unspecified atom stereocenters. The molecule has 1 aromatic rings. The van der Waals surface area contributed by atoms with Crippen molar-refractivity contribution in [1.82, 2.24) is 20.2 Å². The molecule has 0 radical (unpaired) electrons. The van der Waals surface area contributed by atoms with Gasteiger partial charge in [0.2, 0.25) is 0 Å². The average Bonchev–Trinajstić information content (AvgIpc) is 2.81. The van der Waals surface area contributed by atoms with Crippen molar-refractivity contribution >= 4 is 5.82 Å². The van der Waals surface area contributed by atoms with Gasteiger partial charge in [-0.25, -0.2) is 9.97 Å². The van der Waals surface area contributed by atoms with Gasteiger partial charge in [0.25, 0.3) is 0 Å². The topological polar surface area (TPSA) is 73.8 Å². The van der Waals surface area contributed by atoms with Crippen LogP contribution in [0.2, 0.25) is 0 Å². The lowest BCUT2D eigenvalue weighted by Gasteiger charge is -2.33. The molecule has 126 valence electrons. The van der Waals surface area contributed by atoms with E-state index in [1.807, 2.05) is 0 Å². The zero-order valence-electron chi connectivity index (χ0n) is 13.4. The van der Waals surface area contributed by atoms with Gasteiger partial charge < -0.3 is 20.1 Å². The van der Waals surface area contributed by atoms with Gasteiger partial charge in [0.05, 0.1) is 31.1 Å². The first-order chi connectivity index (χ1) is 11.3. The quantitative estimate of drug-likeness (QED) is 0.728. The fraction of sp³-hybridized carbons (Fsp3) is 0.750. The van der Waals surface area contributed by atoms with Crippen molar-refractivity contribution in [3.63, 3.8) is 0 Å². The molecule has 4 rings (SSSR count). The van der Waals surface area contributed by atoms with Crippen LogP contribution >= 0.6 is 0 Å². The van der Waals surface area contributed by atoms with Gasteiger partial charge in [-0.1, -0.05) is 0 Å². The van der Waals surface area contributed by atoms with Gasteiger partial charge in [-0.3, -0.25) is 4.90 Å². The Hall–Kier alpha value is -1.28. The van der Waals surface area contributed by atoms with Crippen molar-refractivity contribution in [3.8, 4) is 0 Å². The first kappa shape index (κ1) is 15.3. The van der Waals surface area contributed by atoms with Crippen LogP contribution in [-0.2, 0) is 17.6 Å². The van der Waals surface area contributed by atoms with Gasteiger partial charge in [-0.15, -0.1) is 0 Å². The van der Waals surface area contributed by atoms with Crippen molar-refractivity contribution in [2.45, 2.75) is 25.0 Å². The van der Waals surface area contributed by atoms with Gasteiger partial charge in [0.15, 0.2) is 0 Å². The molecule has 0 bridgehead atoms. The molecular weight excluding hydrogens is 294 g/mol. The first-order valence-electron chi connectivity index (χ1n) is 8.61. The Morgan fingerprint density at radius 3 is 2.83 bits per heavy atom. The molecule has 7 heteroatoms. The Morgan fingerprint density at radius 2 is 1.96 bits per heavy atom. The molecular formula is C16H25N5O2. The van der Waals surface area contributed by atoms with E-state index in [0.29, 0.717) is 6.54 Å². The molecule has 0 saturated carbocycles. The van der Waals surface area contributed by atoms with Crippen molar-refractivity contribution < 1.29 is 9.84 Å². The molecule has 0 aromatic carbocycles. The summed E-state index contributed by atoms with van der Waals surface area (Å²) in [5, 5.41) is 14.0. The Bertz CT molecular complexity index is 549. The van der Waals surface area contributed by atoms with E-state index in [1.165, 1.54) is 5.56 Å². The van der Waals surface area contributed by atoms with E-state index < -0.39 is 0 Å². The number of hydrogen-bond donors (Lipinski definition) is 2. The highest BCUT2D eigenvalue weighted by molar-refractivity contribution is 5.51. The van der Waals surface area contributed by atoms with Crippen molar-refractivity contribution in [2.75, 3.05) is 57.4 Å². The molecule has 3 aliphatic heterocycles. The predicted molar refractivity (Wildman–Crippen MR) is 86.7 cm³/mol. The minimum Gasteiger partial charge on any atom is -0.390 e. The van der Waals surface area contributed by atoms with E-state index in [1.54, 1.807) is 6.33 Å². The maximum atomic E-state index is 10.6. The number of ether oxygens (including phenoxy) is 1. The molecule has 0 spiro atoms. The Morgan fingerprint density at radius 1 is 1.13 bits per heavy atom. The first-order valence-corrected chi connectivity index (χ1v) is 8.61. The van der Waals surface area contributed by atoms with E-state index in [2.05, 4.69) is 25.1 Å². The smallest absolute Gasteiger partial charge is 0.135 e. The summed E-state index contributed by atoms with van der Waals surface area (Å²) in [4.78, 5) is 13.6. The summed E-state index contributed by atoms with van der Waals surface area (Å²) in [5.41, 5.74) is 2.41. The number of hydrogen-bond acceptors (Lipinski definition) is 7. The third-order valence-electron chi connectivity index (χ3n) is 5.18. The fourth-order valence-electron chi connectivity index (χ4n) is 3.94. The molecule has 2 N–H and O–H groups in total. The van der Waals surface area contributed by atoms with Crippen LogP contribution in [0.3, 0.4) is 0 Å². The number of rotatable bonds is 2. The summed E-state index contributed by atoms with van der Waals surface area (Å²) in [6, 6.07) is 0.174. The van der Waals surface area contributed by atoms with Crippen molar-refractivity contribution in [2.24, 2.45) is 0 Å². The molecule has 2 saturated heterocycles. The fourth-order valence-corrected chi connectivity index (χ4v) is 3.94. The summed E-state index contributed by atoms with van der Waals surface area (Å²) < 4.78 is 5.43. The second-order valence-corrected chi connectivity index (χ2v) is 6.56. The Labute approximate surface area is 136 Å². The SMILES string of the molecule is O[C@H]1CN(c2ncnc3c2CCNCC3)C[C@@H]1N1CCOCC1. The summed E-state index contributed by atoms with van der Waals surface area (Å²) in [7, 11) is 0. The summed E-state index contributed by atoms with van der Waals surface area (Å²) >= 11 is 0. The van der Waals surface area contributed by atoms with Gasteiger partial charge in [0, 0.05) is 44.7 Å². The van der Waals surface area contributed by atoms with Crippen LogP contribution in [0, 0.1) is 0 Å². The largest absolute Gasteiger partial charge is 0.390 e. The van der Waals surface area contributed by atoms with Crippen LogP contribution < -0.4 is 10.2 Å². The molecule has 3 aliphatic rings. The number of aromatic nitrogens is 2. The maximum absolute atomic E-state index is 10.6. The second-order valence-electron chi connectivity index (χ2n) is 6.56.